The number of nitrogens with one attached hydrogen (secondary N) is 1. The number of aliphatic hydroxyl groups is 2. The van der Waals surface area contributed by atoms with Crippen molar-refractivity contribution in [1.29, 1.82) is 0 Å². The first-order valence-electron chi connectivity index (χ1n) is 7.78. The van der Waals surface area contributed by atoms with E-state index >= 15 is 0 Å². The molecule has 6 atom stereocenters. The molecular formula is C15H24ClNO5. The summed E-state index contributed by atoms with van der Waals surface area (Å²) in [6, 6.07) is -0.686. The smallest absolute Gasteiger partial charge is 0.293 e. The van der Waals surface area contributed by atoms with Gasteiger partial charge in [0, 0.05) is 5.88 Å². The van der Waals surface area contributed by atoms with E-state index < -0.39 is 29.8 Å². The second-order valence-corrected chi connectivity index (χ2v) is 6.86. The Balaban J connectivity index is 2.20. The van der Waals surface area contributed by atoms with E-state index in [-0.39, 0.29) is 17.7 Å². The van der Waals surface area contributed by atoms with Crippen LogP contribution in [0.25, 0.3) is 0 Å². The highest BCUT2D eigenvalue weighted by Gasteiger charge is 2.57. The summed E-state index contributed by atoms with van der Waals surface area (Å²) in [5.41, 5.74) is -1.13. The van der Waals surface area contributed by atoms with Crippen LogP contribution in [0.4, 0.5) is 0 Å². The summed E-state index contributed by atoms with van der Waals surface area (Å²) in [6.45, 7) is 1.97. The zero-order valence-corrected chi connectivity index (χ0v) is 13.5. The lowest BCUT2D eigenvalue weighted by molar-refractivity contribution is -0.153. The van der Waals surface area contributed by atoms with E-state index in [1.807, 2.05) is 0 Å². The number of carbonyl (C=O) groups excluding carboxylic acids is 2. The number of ether oxygens (including phenoxy) is 1. The first-order valence-corrected chi connectivity index (χ1v) is 8.31. The summed E-state index contributed by atoms with van der Waals surface area (Å²) in [5, 5.41) is 23.3. The predicted molar refractivity (Wildman–Crippen MR) is 80.3 cm³/mol. The third kappa shape index (κ3) is 3.24. The van der Waals surface area contributed by atoms with Gasteiger partial charge in [-0.2, -0.15) is 0 Å². The van der Waals surface area contributed by atoms with Crippen LogP contribution in [0.1, 0.15) is 39.0 Å². The summed E-state index contributed by atoms with van der Waals surface area (Å²) in [5.74, 6) is -0.701. The molecule has 3 N–H and O–H groups in total. The van der Waals surface area contributed by atoms with Gasteiger partial charge in [-0.05, 0) is 38.5 Å². The number of hydrogen-bond donors (Lipinski definition) is 3. The number of hydrogen-bond acceptors (Lipinski definition) is 5. The topological polar surface area (TPSA) is 95.9 Å². The molecule has 0 aromatic heterocycles. The zero-order valence-electron chi connectivity index (χ0n) is 12.7. The van der Waals surface area contributed by atoms with E-state index in [9.17, 15) is 19.8 Å². The number of halogens is 1. The number of amides is 1. The average molecular weight is 334 g/mol. The highest BCUT2D eigenvalue weighted by Crippen LogP contribution is 2.39. The molecule has 2 fully saturated rings. The zero-order chi connectivity index (χ0) is 16.3. The van der Waals surface area contributed by atoms with Gasteiger partial charge in [-0.25, -0.2) is 0 Å². The average Bonchev–Trinajstić information content (AvgIpc) is 2.72. The quantitative estimate of drug-likeness (QED) is 0.488. The first-order chi connectivity index (χ1) is 10.4. The molecule has 22 heavy (non-hydrogen) atoms. The maximum Gasteiger partial charge on any atom is 0.293 e. The fourth-order valence-electron chi connectivity index (χ4n) is 3.87. The Morgan fingerprint density at radius 2 is 2.27 bits per heavy atom. The summed E-state index contributed by atoms with van der Waals surface area (Å²) in [4.78, 5) is 23.1. The maximum absolute atomic E-state index is 12.2. The van der Waals surface area contributed by atoms with Crippen LogP contribution in [-0.2, 0) is 14.3 Å². The molecular weight excluding hydrogens is 310 g/mol. The lowest BCUT2D eigenvalue weighted by atomic mass is 9.75. The molecule has 6 nitrogen and oxygen atoms in total. The van der Waals surface area contributed by atoms with E-state index in [4.69, 9.17) is 16.3 Å². The lowest BCUT2D eigenvalue weighted by Gasteiger charge is -2.39. The third-order valence-electron chi connectivity index (χ3n) is 5.14. The molecule has 126 valence electrons. The molecule has 0 spiro atoms. The standard InChI is InChI=1S/C15H24ClNO5/c1-15(22-8-18)11(5-6-16)14(21)17-13(15)12(20)9-3-2-4-10(19)7-9/h8-13,19-20H,2-7H2,1H3,(H,17,21)/t9-,10?,11-,12-,13+,15-/m0/s1. The summed E-state index contributed by atoms with van der Waals surface area (Å²) in [7, 11) is 0. The largest absolute Gasteiger partial charge is 0.458 e. The van der Waals surface area contributed by atoms with Crippen molar-refractivity contribution in [2.45, 2.75) is 62.9 Å². The number of carbonyl (C=O) groups is 2. The van der Waals surface area contributed by atoms with Crippen molar-refractivity contribution in [3.8, 4) is 0 Å². The van der Waals surface area contributed by atoms with E-state index in [0.717, 1.165) is 19.3 Å². The van der Waals surface area contributed by atoms with Crippen LogP contribution >= 0.6 is 11.6 Å². The SMILES string of the molecule is C[C@@]1(OC=O)[C@@H]([C@@H](O)[C@H]2CCCC(O)C2)NC(=O)[C@@H]1CCCl. The predicted octanol–water partition coefficient (Wildman–Crippen LogP) is 0.574. The van der Waals surface area contributed by atoms with Crippen molar-refractivity contribution in [1.82, 2.24) is 5.32 Å². The van der Waals surface area contributed by atoms with Crippen molar-refractivity contribution in [2.24, 2.45) is 11.8 Å². The van der Waals surface area contributed by atoms with E-state index in [0.29, 0.717) is 19.3 Å². The minimum atomic E-state index is -1.13. The van der Waals surface area contributed by atoms with Crippen LogP contribution in [-0.4, -0.2) is 52.3 Å². The van der Waals surface area contributed by atoms with Crippen molar-refractivity contribution >= 4 is 24.0 Å². The summed E-state index contributed by atoms with van der Waals surface area (Å²) < 4.78 is 5.23. The van der Waals surface area contributed by atoms with Crippen LogP contribution in [0.3, 0.4) is 0 Å². The molecule has 1 unspecified atom stereocenters. The normalized spacial score (nSPS) is 40.1. The Hall–Kier alpha value is -0.850. The molecule has 1 amide bonds. The Kier molecular flexibility index (Phi) is 5.69. The monoisotopic (exact) mass is 333 g/mol. The minimum absolute atomic E-state index is 0.127. The fourth-order valence-corrected chi connectivity index (χ4v) is 4.09. The molecule has 0 aromatic rings. The van der Waals surface area contributed by atoms with Crippen molar-refractivity contribution in [3.05, 3.63) is 0 Å². The van der Waals surface area contributed by atoms with Gasteiger partial charge in [0.1, 0.15) is 5.60 Å². The van der Waals surface area contributed by atoms with E-state index in [1.165, 1.54) is 0 Å². The number of aliphatic hydroxyl groups excluding tert-OH is 2. The molecule has 1 heterocycles. The Morgan fingerprint density at radius 1 is 1.55 bits per heavy atom. The van der Waals surface area contributed by atoms with Gasteiger partial charge in [0.25, 0.3) is 6.47 Å². The molecule has 0 radical (unpaired) electrons. The highest BCUT2D eigenvalue weighted by molar-refractivity contribution is 6.18. The molecule has 0 bridgehead atoms. The van der Waals surface area contributed by atoms with Gasteiger partial charge in [-0.1, -0.05) is 6.42 Å². The summed E-state index contributed by atoms with van der Waals surface area (Å²) in [6.07, 6.45) is 1.91. The highest BCUT2D eigenvalue weighted by atomic mass is 35.5. The van der Waals surface area contributed by atoms with Crippen LogP contribution in [0, 0.1) is 11.8 Å². The Labute approximate surface area is 135 Å². The third-order valence-corrected chi connectivity index (χ3v) is 5.35. The van der Waals surface area contributed by atoms with Gasteiger partial charge >= 0.3 is 0 Å². The van der Waals surface area contributed by atoms with Crippen molar-refractivity contribution in [2.75, 3.05) is 5.88 Å². The number of rotatable bonds is 6. The van der Waals surface area contributed by atoms with Gasteiger partial charge in [0.15, 0.2) is 0 Å². The molecule has 1 saturated heterocycles. The Morgan fingerprint density at radius 3 is 2.86 bits per heavy atom. The van der Waals surface area contributed by atoms with Crippen LogP contribution in [0.2, 0.25) is 0 Å². The molecule has 1 saturated carbocycles. The van der Waals surface area contributed by atoms with E-state index in [2.05, 4.69) is 5.32 Å². The molecule has 1 aliphatic heterocycles. The van der Waals surface area contributed by atoms with Crippen LogP contribution in [0.5, 0.6) is 0 Å². The molecule has 0 aromatic carbocycles. The maximum atomic E-state index is 12.2. The second-order valence-electron chi connectivity index (χ2n) is 6.49. The Bertz CT molecular complexity index is 421. The lowest BCUT2D eigenvalue weighted by Crippen LogP contribution is -2.55. The van der Waals surface area contributed by atoms with E-state index in [1.54, 1.807) is 6.92 Å². The second kappa shape index (κ2) is 7.15. The fraction of sp³-hybridized carbons (Fsp3) is 0.867. The van der Waals surface area contributed by atoms with Gasteiger partial charge in [0.05, 0.1) is 24.2 Å². The molecule has 1 aliphatic carbocycles. The number of alkyl halides is 1. The van der Waals surface area contributed by atoms with Crippen molar-refractivity contribution < 1.29 is 24.5 Å². The van der Waals surface area contributed by atoms with Crippen LogP contribution < -0.4 is 5.32 Å². The molecule has 2 aliphatic rings. The first kappa shape index (κ1) is 17.5. The van der Waals surface area contributed by atoms with Crippen molar-refractivity contribution in [3.63, 3.8) is 0 Å². The minimum Gasteiger partial charge on any atom is -0.458 e. The molecule has 2 rings (SSSR count). The van der Waals surface area contributed by atoms with Crippen LogP contribution in [0.15, 0.2) is 0 Å². The molecule has 7 heteroatoms. The van der Waals surface area contributed by atoms with Gasteiger partial charge < -0.3 is 20.3 Å². The van der Waals surface area contributed by atoms with Gasteiger partial charge in [0.2, 0.25) is 5.91 Å². The summed E-state index contributed by atoms with van der Waals surface area (Å²) >= 11 is 5.75. The van der Waals surface area contributed by atoms with Gasteiger partial charge in [-0.3, -0.25) is 9.59 Å². The van der Waals surface area contributed by atoms with Gasteiger partial charge in [-0.15, -0.1) is 11.6 Å².